The molecule has 3 aromatic rings. The Morgan fingerprint density at radius 1 is 1.16 bits per heavy atom. The molecule has 0 atom stereocenters. The molecule has 128 valence electrons. The van der Waals surface area contributed by atoms with Crippen LogP contribution in [0.2, 0.25) is 5.02 Å². The molecule has 0 spiro atoms. The number of carbonyl (C=O) groups is 1. The number of hydrogen-bond acceptors (Lipinski definition) is 4. The van der Waals surface area contributed by atoms with Crippen molar-refractivity contribution in [2.45, 2.75) is 6.54 Å². The maximum atomic E-state index is 12.0. The molecule has 1 heterocycles. The van der Waals surface area contributed by atoms with E-state index in [2.05, 4.69) is 10.6 Å². The number of nitrogens with one attached hydrogen (secondary N) is 2. The van der Waals surface area contributed by atoms with Crippen LogP contribution < -0.4 is 15.4 Å². The summed E-state index contributed by atoms with van der Waals surface area (Å²) in [5.41, 5.74) is 2.50. The highest BCUT2D eigenvalue weighted by molar-refractivity contribution is 6.34. The fourth-order valence-electron chi connectivity index (χ4n) is 2.27. The Morgan fingerprint density at radius 2 is 1.96 bits per heavy atom. The molecule has 0 saturated heterocycles. The molecule has 0 unspecified atom stereocenters. The lowest BCUT2D eigenvalue weighted by Gasteiger charge is -2.10. The van der Waals surface area contributed by atoms with Crippen LogP contribution in [0.5, 0.6) is 5.75 Å². The van der Waals surface area contributed by atoms with Crippen LogP contribution in [0.4, 0.5) is 11.4 Å². The van der Waals surface area contributed by atoms with Crippen LogP contribution in [0, 0.1) is 0 Å². The number of halogens is 1. The quantitative estimate of drug-likeness (QED) is 0.665. The van der Waals surface area contributed by atoms with Gasteiger partial charge in [0.15, 0.2) is 5.76 Å². The minimum absolute atomic E-state index is 0.234. The highest BCUT2D eigenvalue weighted by Gasteiger charge is 2.11. The third-order valence-corrected chi connectivity index (χ3v) is 3.93. The summed E-state index contributed by atoms with van der Waals surface area (Å²) >= 11 is 6.25. The monoisotopic (exact) mass is 356 g/mol. The van der Waals surface area contributed by atoms with Gasteiger partial charge in [0.1, 0.15) is 5.75 Å². The molecule has 0 fully saturated rings. The van der Waals surface area contributed by atoms with Crippen LogP contribution in [0.1, 0.15) is 16.1 Å². The van der Waals surface area contributed by atoms with Gasteiger partial charge in [-0.2, -0.15) is 0 Å². The van der Waals surface area contributed by atoms with E-state index in [1.54, 1.807) is 31.4 Å². The lowest BCUT2D eigenvalue weighted by molar-refractivity contribution is 0.0996. The van der Waals surface area contributed by atoms with Crippen molar-refractivity contribution in [2.75, 3.05) is 17.7 Å². The summed E-state index contributed by atoms with van der Waals surface area (Å²) in [7, 11) is 1.64. The van der Waals surface area contributed by atoms with Crippen molar-refractivity contribution in [3.05, 3.63) is 77.2 Å². The van der Waals surface area contributed by atoms with Gasteiger partial charge < -0.3 is 19.8 Å². The minimum atomic E-state index is -0.342. The molecular formula is C19H17ClN2O3. The van der Waals surface area contributed by atoms with Crippen LogP contribution in [0.3, 0.4) is 0 Å². The molecule has 6 heteroatoms. The molecule has 0 aliphatic carbocycles. The number of anilines is 2. The fraction of sp³-hybridized carbons (Fsp3) is 0.105. The third-order valence-electron chi connectivity index (χ3n) is 3.62. The van der Waals surface area contributed by atoms with Gasteiger partial charge in [0.2, 0.25) is 0 Å². The SMILES string of the molecule is COc1ccc(CNc2ccc(NC(=O)c3ccco3)c(Cl)c2)cc1. The Balaban J connectivity index is 1.62. The van der Waals surface area contributed by atoms with Gasteiger partial charge in [-0.3, -0.25) is 4.79 Å². The minimum Gasteiger partial charge on any atom is -0.497 e. The van der Waals surface area contributed by atoms with E-state index in [0.717, 1.165) is 17.0 Å². The van der Waals surface area contributed by atoms with E-state index >= 15 is 0 Å². The Hall–Kier alpha value is -2.92. The number of ether oxygens (including phenoxy) is 1. The van der Waals surface area contributed by atoms with E-state index in [9.17, 15) is 4.79 Å². The molecular weight excluding hydrogens is 340 g/mol. The van der Waals surface area contributed by atoms with Crippen molar-refractivity contribution in [3.8, 4) is 5.75 Å². The van der Waals surface area contributed by atoms with Crippen molar-refractivity contribution in [1.82, 2.24) is 0 Å². The van der Waals surface area contributed by atoms with Crippen molar-refractivity contribution < 1.29 is 13.9 Å². The number of methoxy groups -OCH3 is 1. The fourth-order valence-corrected chi connectivity index (χ4v) is 2.49. The topological polar surface area (TPSA) is 63.5 Å². The number of benzene rings is 2. The van der Waals surface area contributed by atoms with Crippen LogP contribution in [0.25, 0.3) is 0 Å². The average molecular weight is 357 g/mol. The van der Waals surface area contributed by atoms with Crippen LogP contribution in [-0.2, 0) is 6.54 Å². The zero-order chi connectivity index (χ0) is 17.6. The number of amides is 1. The van der Waals surface area contributed by atoms with Gasteiger partial charge in [0.25, 0.3) is 5.91 Å². The van der Waals surface area contributed by atoms with E-state index in [1.165, 1.54) is 6.26 Å². The largest absolute Gasteiger partial charge is 0.497 e. The Morgan fingerprint density at radius 3 is 2.60 bits per heavy atom. The second-order valence-electron chi connectivity index (χ2n) is 5.33. The van der Waals surface area contributed by atoms with Crippen molar-refractivity contribution >= 4 is 28.9 Å². The smallest absolute Gasteiger partial charge is 0.291 e. The lowest BCUT2D eigenvalue weighted by Crippen LogP contribution is -2.11. The summed E-state index contributed by atoms with van der Waals surface area (Å²) in [6.07, 6.45) is 1.45. The summed E-state index contributed by atoms with van der Waals surface area (Å²) in [6.45, 7) is 0.651. The Bertz CT molecular complexity index is 846. The highest BCUT2D eigenvalue weighted by atomic mass is 35.5. The summed E-state index contributed by atoms with van der Waals surface area (Å²) in [4.78, 5) is 12.0. The molecule has 0 radical (unpaired) electrons. The number of furan rings is 1. The maximum absolute atomic E-state index is 12.0. The number of carbonyl (C=O) groups excluding carboxylic acids is 1. The lowest BCUT2D eigenvalue weighted by atomic mass is 10.2. The molecule has 2 N–H and O–H groups in total. The van der Waals surface area contributed by atoms with Gasteiger partial charge in [0, 0.05) is 12.2 Å². The first-order chi connectivity index (χ1) is 12.2. The average Bonchev–Trinajstić information content (AvgIpc) is 3.17. The van der Waals surface area contributed by atoms with Gasteiger partial charge in [-0.1, -0.05) is 23.7 Å². The standard InChI is InChI=1S/C19H17ClN2O3/c1-24-15-7-4-13(5-8-15)12-21-14-6-9-17(16(20)11-14)22-19(23)18-3-2-10-25-18/h2-11,21H,12H2,1H3,(H,22,23). The van der Waals surface area contributed by atoms with Crippen LogP contribution >= 0.6 is 11.6 Å². The molecule has 3 rings (SSSR count). The van der Waals surface area contributed by atoms with Gasteiger partial charge in [-0.15, -0.1) is 0 Å². The summed E-state index contributed by atoms with van der Waals surface area (Å²) in [5.74, 6) is 0.715. The van der Waals surface area contributed by atoms with Crippen molar-refractivity contribution in [3.63, 3.8) is 0 Å². The van der Waals surface area contributed by atoms with E-state index in [0.29, 0.717) is 17.3 Å². The normalized spacial score (nSPS) is 10.3. The second kappa shape index (κ2) is 7.77. The van der Waals surface area contributed by atoms with E-state index in [-0.39, 0.29) is 11.7 Å². The first-order valence-electron chi connectivity index (χ1n) is 7.67. The molecule has 5 nitrogen and oxygen atoms in total. The van der Waals surface area contributed by atoms with Crippen LogP contribution in [-0.4, -0.2) is 13.0 Å². The highest BCUT2D eigenvalue weighted by Crippen LogP contribution is 2.26. The second-order valence-corrected chi connectivity index (χ2v) is 5.73. The predicted molar refractivity (Wildman–Crippen MR) is 98.4 cm³/mol. The molecule has 25 heavy (non-hydrogen) atoms. The summed E-state index contributed by atoms with van der Waals surface area (Å²) in [5, 5.41) is 6.45. The number of hydrogen-bond donors (Lipinski definition) is 2. The van der Waals surface area contributed by atoms with Crippen molar-refractivity contribution in [1.29, 1.82) is 0 Å². The zero-order valence-electron chi connectivity index (χ0n) is 13.6. The van der Waals surface area contributed by atoms with Gasteiger partial charge in [0.05, 0.1) is 24.1 Å². The molecule has 0 aliphatic heterocycles. The van der Waals surface area contributed by atoms with E-state index in [4.69, 9.17) is 20.8 Å². The maximum Gasteiger partial charge on any atom is 0.291 e. The molecule has 2 aromatic carbocycles. The first-order valence-corrected chi connectivity index (χ1v) is 8.05. The molecule has 0 saturated carbocycles. The molecule has 0 bridgehead atoms. The Labute approximate surface area is 150 Å². The van der Waals surface area contributed by atoms with Gasteiger partial charge in [-0.25, -0.2) is 0 Å². The van der Waals surface area contributed by atoms with Crippen LogP contribution in [0.15, 0.2) is 65.3 Å². The summed E-state index contributed by atoms with van der Waals surface area (Å²) < 4.78 is 10.2. The van der Waals surface area contributed by atoms with E-state index < -0.39 is 0 Å². The summed E-state index contributed by atoms with van der Waals surface area (Å²) in [6, 6.07) is 16.4. The third kappa shape index (κ3) is 4.33. The van der Waals surface area contributed by atoms with E-state index in [1.807, 2.05) is 30.3 Å². The molecule has 1 aromatic heterocycles. The first kappa shape index (κ1) is 16.9. The molecule has 0 aliphatic rings. The molecule has 1 amide bonds. The van der Waals surface area contributed by atoms with Gasteiger partial charge in [-0.05, 0) is 48.0 Å². The predicted octanol–water partition coefficient (Wildman–Crippen LogP) is 4.81. The number of rotatable bonds is 6. The Kier molecular flexibility index (Phi) is 5.26. The van der Waals surface area contributed by atoms with Gasteiger partial charge >= 0.3 is 0 Å². The zero-order valence-corrected chi connectivity index (χ0v) is 14.3. The van der Waals surface area contributed by atoms with Crippen molar-refractivity contribution in [2.24, 2.45) is 0 Å².